The average molecular weight is 224 g/mol. The van der Waals surface area contributed by atoms with Gasteiger partial charge in [0, 0.05) is 27.5 Å². The highest BCUT2D eigenvalue weighted by atomic mass is 79.9. The lowest BCUT2D eigenvalue weighted by Gasteiger charge is -1.95. The van der Waals surface area contributed by atoms with Crippen molar-refractivity contribution in [2.75, 3.05) is 10.1 Å². The molecule has 1 aromatic carbocycles. The standard InChI is InChI=1S/C6H7BrN2.ClH/c7-9-6-3-1-5(8)2-4-6;/h1-4,9H,8H2;1H. The number of rotatable bonds is 1. The van der Waals surface area contributed by atoms with Gasteiger partial charge in [-0.25, -0.2) is 0 Å². The summed E-state index contributed by atoms with van der Waals surface area (Å²) in [6.07, 6.45) is 0. The van der Waals surface area contributed by atoms with Gasteiger partial charge >= 0.3 is 0 Å². The predicted octanol–water partition coefficient (Wildman–Crippen LogP) is 2.41. The topological polar surface area (TPSA) is 38.0 Å². The first-order chi connectivity index (χ1) is 4.33. The number of nitrogens with two attached hydrogens (primary N) is 1. The van der Waals surface area contributed by atoms with E-state index < -0.39 is 0 Å². The van der Waals surface area contributed by atoms with Gasteiger partial charge in [0.25, 0.3) is 0 Å². The monoisotopic (exact) mass is 222 g/mol. The predicted molar refractivity (Wildman–Crippen MR) is 50.7 cm³/mol. The van der Waals surface area contributed by atoms with Crippen molar-refractivity contribution >= 4 is 39.9 Å². The minimum atomic E-state index is 0. The fourth-order valence-electron chi connectivity index (χ4n) is 0.546. The molecule has 0 aliphatic rings. The number of benzene rings is 1. The molecule has 0 heterocycles. The van der Waals surface area contributed by atoms with E-state index in [4.69, 9.17) is 5.73 Å². The summed E-state index contributed by atoms with van der Waals surface area (Å²) in [6, 6.07) is 7.46. The van der Waals surface area contributed by atoms with Crippen LogP contribution in [0, 0.1) is 0 Å². The molecule has 3 N–H and O–H groups in total. The molecular formula is C6H8BrClN2. The van der Waals surface area contributed by atoms with Crippen LogP contribution in [-0.2, 0) is 0 Å². The molecule has 0 fully saturated rings. The summed E-state index contributed by atoms with van der Waals surface area (Å²) in [5, 5.41) is 0. The number of anilines is 2. The SMILES string of the molecule is Cl.Nc1ccc(NBr)cc1. The summed E-state index contributed by atoms with van der Waals surface area (Å²) in [6.45, 7) is 0. The zero-order chi connectivity index (χ0) is 6.69. The van der Waals surface area contributed by atoms with Crippen LogP contribution in [0.5, 0.6) is 0 Å². The Bertz CT molecular complexity index is 187. The van der Waals surface area contributed by atoms with E-state index in [1.807, 2.05) is 24.3 Å². The summed E-state index contributed by atoms with van der Waals surface area (Å²) >= 11 is 3.09. The van der Waals surface area contributed by atoms with Crippen LogP contribution >= 0.6 is 28.6 Å². The molecule has 0 aliphatic carbocycles. The van der Waals surface area contributed by atoms with Gasteiger partial charge < -0.3 is 10.1 Å². The van der Waals surface area contributed by atoms with Crippen molar-refractivity contribution in [1.29, 1.82) is 0 Å². The lowest BCUT2D eigenvalue weighted by Crippen LogP contribution is -1.83. The molecule has 0 aliphatic heterocycles. The normalized spacial score (nSPS) is 8.10. The van der Waals surface area contributed by atoms with Crippen LogP contribution in [0.15, 0.2) is 24.3 Å². The van der Waals surface area contributed by atoms with E-state index >= 15 is 0 Å². The number of nitrogens with one attached hydrogen (secondary N) is 1. The van der Waals surface area contributed by atoms with E-state index in [1.165, 1.54) is 0 Å². The maximum atomic E-state index is 5.44. The van der Waals surface area contributed by atoms with Crippen LogP contribution in [0.4, 0.5) is 11.4 Å². The van der Waals surface area contributed by atoms with Gasteiger partial charge in [-0.3, -0.25) is 0 Å². The first-order valence-corrected chi connectivity index (χ1v) is 3.34. The van der Waals surface area contributed by atoms with Gasteiger partial charge in [-0.1, -0.05) is 0 Å². The Morgan fingerprint density at radius 1 is 1.20 bits per heavy atom. The van der Waals surface area contributed by atoms with E-state index in [0.29, 0.717) is 0 Å². The largest absolute Gasteiger partial charge is 0.399 e. The van der Waals surface area contributed by atoms with E-state index in [0.717, 1.165) is 11.4 Å². The van der Waals surface area contributed by atoms with Gasteiger partial charge in [0.05, 0.1) is 0 Å². The summed E-state index contributed by atoms with van der Waals surface area (Å²) in [5.41, 5.74) is 7.22. The molecule has 0 atom stereocenters. The Morgan fingerprint density at radius 3 is 2.10 bits per heavy atom. The molecule has 4 heteroatoms. The minimum Gasteiger partial charge on any atom is -0.399 e. The summed E-state index contributed by atoms with van der Waals surface area (Å²) in [5.74, 6) is 0. The van der Waals surface area contributed by atoms with Gasteiger partial charge in [-0.15, -0.1) is 12.4 Å². The lowest BCUT2D eigenvalue weighted by atomic mass is 10.3. The molecule has 0 unspecified atom stereocenters. The molecule has 2 nitrogen and oxygen atoms in total. The fraction of sp³-hybridized carbons (Fsp3) is 0. The first-order valence-electron chi connectivity index (χ1n) is 2.55. The molecule has 0 bridgehead atoms. The Kier molecular flexibility index (Phi) is 4.23. The molecule has 0 spiro atoms. The Hall–Kier alpha value is -0.410. The third-order valence-electron chi connectivity index (χ3n) is 1.02. The van der Waals surface area contributed by atoms with E-state index in [2.05, 4.69) is 20.5 Å². The van der Waals surface area contributed by atoms with E-state index in [-0.39, 0.29) is 12.4 Å². The third kappa shape index (κ3) is 2.45. The van der Waals surface area contributed by atoms with Crippen LogP contribution in [0.3, 0.4) is 0 Å². The second-order valence-electron chi connectivity index (χ2n) is 1.72. The van der Waals surface area contributed by atoms with Crippen molar-refractivity contribution in [3.8, 4) is 0 Å². The first kappa shape index (κ1) is 9.59. The molecule has 0 radical (unpaired) electrons. The van der Waals surface area contributed by atoms with Crippen LogP contribution < -0.4 is 10.1 Å². The molecule has 0 aromatic heterocycles. The van der Waals surface area contributed by atoms with Gasteiger partial charge in [0.2, 0.25) is 0 Å². The van der Waals surface area contributed by atoms with Gasteiger partial charge in [0.15, 0.2) is 0 Å². The Morgan fingerprint density at radius 2 is 1.70 bits per heavy atom. The zero-order valence-electron chi connectivity index (χ0n) is 5.17. The van der Waals surface area contributed by atoms with Gasteiger partial charge in [0.1, 0.15) is 0 Å². The smallest absolute Gasteiger partial charge is 0.0465 e. The molecule has 1 rings (SSSR count). The maximum Gasteiger partial charge on any atom is 0.0465 e. The molecular weight excluding hydrogens is 215 g/mol. The van der Waals surface area contributed by atoms with Crippen LogP contribution in [0.2, 0.25) is 0 Å². The quantitative estimate of drug-likeness (QED) is 0.567. The number of nitrogen functional groups attached to an aromatic ring is 1. The van der Waals surface area contributed by atoms with Crippen LogP contribution in [0.1, 0.15) is 0 Å². The van der Waals surface area contributed by atoms with E-state index in [1.54, 1.807) is 0 Å². The van der Waals surface area contributed by atoms with Crippen molar-refractivity contribution in [3.05, 3.63) is 24.3 Å². The van der Waals surface area contributed by atoms with Crippen molar-refractivity contribution in [2.45, 2.75) is 0 Å². The summed E-state index contributed by atoms with van der Waals surface area (Å²) in [7, 11) is 0. The van der Waals surface area contributed by atoms with Crippen molar-refractivity contribution in [2.24, 2.45) is 0 Å². The Labute approximate surface area is 74.6 Å². The number of hydrogen-bond donors (Lipinski definition) is 2. The van der Waals surface area contributed by atoms with Crippen molar-refractivity contribution in [3.63, 3.8) is 0 Å². The molecule has 1 aromatic rings. The molecule has 56 valence electrons. The number of hydrogen-bond acceptors (Lipinski definition) is 2. The van der Waals surface area contributed by atoms with Gasteiger partial charge in [-0.05, 0) is 24.3 Å². The van der Waals surface area contributed by atoms with Crippen LogP contribution in [0.25, 0.3) is 0 Å². The summed E-state index contributed by atoms with van der Waals surface area (Å²) in [4.78, 5) is 0. The second-order valence-corrected chi connectivity index (χ2v) is 2.11. The lowest BCUT2D eigenvalue weighted by molar-refractivity contribution is 1.67. The van der Waals surface area contributed by atoms with Crippen molar-refractivity contribution < 1.29 is 0 Å². The van der Waals surface area contributed by atoms with Gasteiger partial charge in [-0.2, -0.15) is 0 Å². The zero-order valence-corrected chi connectivity index (χ0v) is 7.58. The minimum absolute atomic E-state index is 0. The maximum absolute atomic E-state index is 5.44. The highest BCUT2D eigenvalue weighted by Gasteiger charge is 1.85. The second kappa shape index (κ2) is 4.41. The highest BCUT2D eigenvalue weighted by Crippen LogP contribution is 2.10. The highest BCUT2D eigenvalue weighted by molar-refractivity contribution is 9.10. The third-order valence-corrected chi connectivity index (χ3v) is 1.48. The molecule has 0 saturated heterocycles. The van der Waals surface area contributed by atoms with E-state index in [9.17, 15) is 0 Å². The van der Waals surface area contributed by atoms with Crippen LogP contribution in [-0.4, -0.2) is 0 Å². The number of halogens is 2. The molecule has 0 amide bonds. The average Bonchev–Trinajstić information content (AvgIpc) is 1.90. The van der Waals surface area contributed by atoms with Crippen molar-refractivity contribution in [1.82, 2.24) is 0 Å². The molecule has 0 saturated carbocycles. The fourth-order valence-corrected chi connectivity index (χ4v) is 0.810. The Balaban J connectivity index is 0.000000810. The summed E-state index contributed by atoms with van der Waals surface area (Å²) < 4.78 is 2.81. The molecule has 10 heavy (non-hydrogen) atoms.